The highest BCUT2D eigenvalue weighted by Crippen LogP contribution is 2.32. The first-order valence-electron chi connectivity index (χ1n) is 7.19. The van der Waals surface area contributed by atoms with Crippen molar-refractivity contribution >= 4 is 11.9 Å². The number of carboxylic acid groups (broad SMARTS) is 1. The quantitative estimate of drug-likeness (QED) is 0.866. The third kappa shape index (κ3) is 3.20. The van der Waals surface area contributed by atoms with Crippen molar-refractivity contribution in [1.82, 2.24) is 20.1 Å². The number of hydrogen-bond acceptors (Lipinski definition) is 4. The normalized spacial score (nSPS) is 15.2. The van der Waals surface area contributed by atoms with Crippen LogP contribution in [0.2, 0.25) is 0 Å². The summed E-state index contributed by atoms with van der Waals surface area (Å²) in [5, 5.41) is 15.7. The van der Waals surface area contributed by atoms with Crippen LogP contribution >= 0.6 is 0 Å². The van der Waals surface area contributed by atoms with Crippen LogP contribution in [0.3, 0.4) is 0 Å². The summed E-state index contributed by atoms with van der Waals surface area (Å²) in [6.45, 7) is 1.66. The maximum atomic E-state index is 13.0. The van der Waals surface area contributed by atoms with Crippen molar-refractivity contribution in [1.29, 1.82) is 0 Å². The fourth-order valence-electron chi connectivity index (χ4n) is 2.33. The van der Waals surface area contributed by atoms with E-state index in [-0.39, 0.29) is 17.6 Å². The molecule has 1 heterocycles. The minimum absolute atomic E-state index is 0.0308. The smallest absolute Gasteiger partial charge is 0.326 e. The fraction of sp³-hybridized carbons (Fsp3) is 0.333. The number of aromatic nitrogens is 3. The Hall–Kier alpha value is -2.77. The fourth-order valence-corrected chi connectivity index (χ4v) is 2.33. The second kappa shape index (κ2) is 5.79. The Morgan fingerprint density at radius 3 is 2.57 bits per heavy atom. The van der Waals surface area contributed by atoms with E-state index in [0.29, 0.717) is 11.5 Å². The van der Waals surface area contributed by atoms with Crippen LogP contribution in [0.4, 0.5) is 4.39 Å². The second-order valence-corrected chi connectivity index (χ2v) is 5.50. The number of nitrogens with one attached hydrogen (secondary N) is 1. The zero-order valence-electron chi connectivity index (χ0n) is 12.4. The monoisotopic (exact) mass is 318 g/mol. The Bertz CT molecular complexity index is 753. The maximum absolute atomic E-state index is 13.0. The van der Waals surface area contributed by atoms with Gasteiger partial charge in [0.05, 0.1) is 5.69 Å². The van der Waals surface area contributed by atoms with Crippen LogP contribution in [-0.2, 0) is 4.79 Å². The van der Waals surface area contributed by atoms with Gasteiger partial charge in [0.1, 0.15) is 17.7 Å². The number of nitrogens with zero attached hydrogens (tertiary/aromatic N) is 3. The number of halogens is 1. The molecule has 1 unspecified atom stereocenters. The molecule has 1 amide bonds. The first-order valence-corrected chi connectivity index (χ1v) is 7.19. The Kier molecular flexibility index (Phi) is 3.81. The van der Waals surface area contributed by atoms with Gasteiger partial charge in [-0.1, -0.05) is 0 Å². The summed E-state index contributed by atoms with van der Waals surface area (Å²) in [6.07, 6.45) is 1.57. The van der Waals surface area contributed by atoms with Crippen LogP contribution in [0.5, 0.6) is 0 Å². The van der Waals surface area contributed by atoms with E-state index in [1.165, 1.54) is 28.9 Å². The first-order chi connectivity index (χ1) is 11.0. The highest BCUT2D eigenvalue weighted by Gasteiger charge is 2.38. The molecular formula is C15H15FN4O3. The molecule has 1 aromatic heterocycles. The molecule has 1 aliphatic carbocycles. The van der Waals surface area contributed by atoms with Gasteiger partial charge in [-0.15, -0.1) is 5.10 Å². The van der Waals surface area contributed by atoms with Crippen molar-refractivity contribution in [3.8, 4) is 5.69 Å². The molecule has 8 heteroatoms. The topological polar surface area (TPSA) is 97.1 Å². The van der Waals surface area contributed by atoms with Crippen LogP contribution < -0.4 is 5.32 Å². The molecule has 1 fully saturated rings. The molecule has 7 nitrogen and oxygen atoms in total. The first kappa shape index (κ1) is 15.1. The Morgan fingerprint density at radius 2 is 2.00 bits per heavy atom. The molecule has 1 saturated carbocycles. The number of carbonyl (C=O) groups excluding carboxylic acids is 1. The molecule has 0 bridgehead atoms. The van der Waals surface area contributed by atoms with Crippen molar-refractivity contribution in [3.63, 3.8) is 0 Å². The summed E-state index contributed by atoms with van der Waals surface area (Å²) in [4.78, 5) is 27.4. The average molecular weight is 318 g/mol. The molecule has 2 N–H and O–H groups in total. The molecule has 1 atom stereocenters. The van der Waals surface area contributed by atoms with Crippen LogP contribution in [-0.4, -0.2) is 37.8 Å². The number of rotatable bonds is 5. The lowest BCUT2D eigenvalue weighted by Crippen LogP contribution is -2.42. The van der Waals surface area contributed by atoms with Gasteiger partial charge in [-0.2, -0.15) is 0 Å². The summed E-state index contributed by atoms with van der Waals surface area (Å²) in [5.74, 6) is -1.77. The number of aryl methyl sites for hydroxylation is 1. The molecule has 1 aliphatic rings. The van der Waals surface area contributed by atoms with Gasteiger partial charge >= 0.3 is 5.97 Å². The summed E-state index contributed by atoms with van der Waals surface area (Å²) < 4.78 is 14.4. The van der Waals surface area contributed by atoms with Gasteiger partial charge in [-0.05, 0) is 49.9 Å². The van der Waals surface area contributed by atoms with E-state index in [9.17, 15) is 14.0 Å². The Labute approximate surface area is 131 Å². The van der Waals surface area contributed by atoms with E-state index in [1.807, 2.05) is 0 Å². The molecule has 2 aromatic rings. The van der Waals surface area contributed by atoms with Crippen molar-refractivity contribution in [2.75, 3.05) is 0 Å². The molecule has 3 rings (SSSR count). The van der Waals surface area contributed by atoms with Crippen molar-refractivity contribution in [3.05, 3.63) is 41.7 Å². The summed E-state index contributed by atoms with van der Waals surface area (Å²) in [5.41, 5.74) is 0.562. The summed E-state index contributed by atoms with van der Waals surface area (Å²) in [6, 6.07) is 4.68. The number of carbonyl (C=O) groups is 2. The van der Waals surface area contributed by atoms with E-state index in [4.69, 9.17) is 5.11 Å². The predicted octanol–water partition coefficient (Wildman–Crippen LogP) is 1.31. The molecule has 120 valence electrons. The largest absolute Gasteiger partial charge is 0.480 e. The predicted molar refractivity (Wildman–Crippen MR) is 77.7 cm³/mol. The summed E-state index contributed by atoms with van der Waals surface area (Å²) in [7, 11) is 0. The lowest BCUT2D eigenvalue weighted by atomic mass is 10.2. The molecular weight excluding hydrogens is 303 g/mol. The molecule has 0 aliphatic heterocycles. The van der Waals surface area contributed by atoms with Gasteiger partial charge < -0.3 is 10.4 Å². The second-order valence-electron chi connectivity index (χ2n) is 5.50. The zero-order valence-corrected chi connectivity index (χ0v) is 12.4. The van der Waals surface area contributed by atoms with E-state index < -0.39 is 17.9 Å². The lowest BCUT2D eigenvalue weighted by molar-refractivity contribution is -0.139. The molecule has 1 aromatic carbocycles. The van der Waals surface area contributed by atoms with Gasteiger partial charge in [0.2, 0.25) is 5.82 Å². The minimum atomic E-state index is -1.06. The summed E-state index contributed by atoms with van der Waals surface area (Å²) >= 11 is 0. The minimum Gasteiger partial charge on any atom is -0.480 e. The van der Waals surface area contributed by atoms with Gasteiger partial charge in [0, 0.05) is 0 Å². The lowest BCUT2D eigenvalue weighted by Gasteiger charge is -2.11. The van der Waals surface area contributed by atoms with Crippen molar-refractivity contribution < 1.29 is 19.1 Å². The number of carboxylic acids is 1. The van der Waals surface area contributed by atoms with Crippen LogP contribution in [0.1, 0.15) is 29.3 Å². The molecule has 0 radical (unpaired) electrons. The standard InChI is InChI=1S/C15H15FN4O3/c1-8-17-13(14(21)18-12(15(22)23)9-2-3-9)19-20(8)11-6-4-10(16)5-7-11/h4-7,9,12H,2-3H2,1H3,(H,18,21)(H,22,23). The van der Waals surface area contributed by atoms with E-state index >= 15 is 0 Å². The Morgan fingerprint density at radius 1 is 1.35 bits per heavy atom. The Balaban J connectivity index is 1.81. The number of benzene rings is 1. The third-order valence-corrected chi connectivity index (χ3v) is 3.69. The van der Waals surface area contributed by atoms with Gasteiger partial charge in [-0.25, -0.2) is 18.9 Å². The number of hydrogen-bond donors (Lipinski definition) is 2. The molecule has 0 saturated heterocycles. The highest BCUT2D eigenvalue weighted by molar-refractivity contribution is 5.93. The third-order valence-electron chi connectivity index (χ3n) is 3.69. The average Bonchev–Trinajstić information content (AvgIpc) is 3.27. The molecule has 0 spiro atoms. The van der Waals surface area contributed by atoms with E-state index in [1.54, 1.807) is 6.92 Å². The van der Waals surface area contributed by atoms with Gasteiger partial charge in [0.15, 0.2) is 0 Å². The van der Waals surface area contributed by atoms with Crippen LogP contribution in [0.15, 0.2) is 24.3 Å². The maximum Gasteiger partial charge on any atom is 0.326 e. The molecule has 23 heavy (non-hydrogen) atoms. The number of aliphatic carboxylic acids is 1. The van der Waals surface area contributed by atoms with Crippen LogP contribution in [0.25, 0.3) is 5.69 Å². The highest BCUT2D eigenvalue weighted by atomic mass is 19.1. The van der Waals surface area contributed by atoms with E-state index in [2.05, 4.69) is 15.4 Å². The number of amides is 1. The van der Waals surface area contributed by atoms with Crippen LogP contribution in [0, 0.1) is 18.7 Å². The van der Waals surface area contributed by atoms with Crippen molar-refractivity contribution in [2.45, 2.75) is 25.8 Å². The zero-order chi connectivity index (χ0) is 16.6. The van der Waals surface area contributed by atoms with Crippen molar-refractivity contribution in [2.24, 2.45) is 5.92 Å². The van der Waals surface area contributed by atoms with E-state index in [0.717, 1.165) is 12.8 Å². The van der Waals surface area contributed by atoms with Gasteiger partial charge in [-0.3, -0.25) is 4.79 Å². The van der Waals surface area contributed by atoms with Gasteiger partial charge in [0.25, 0.3) is 5.91 Å². The SMILES string of the molecule is Cc1nc(C(=O)NC(C(=O)O)C2CC2)nn1-c1ccc(F)cc1.